The van der Waals surface area contributed by atoms with E-state index in [9.17, 15) is 22.8 Å². The van der Waals surface area contributed by atoms with Gasteiger partial charge in [0.15, 0.2) is 0 Å². The van der Waals surface area contributed by atoms with Crippen LogP contribution in [-0.4, -0.2) is 93.8 Å². The Balaban J connectivity index is 2.22. The molecule has 184 valence electrons. The van der Waals surface area contributed by atoms with Gasteiger partial charge >= 0.3 is 12.0 Å². The number of ether oxygens (including phenoxy) is 2. The maximum absolute atomic E-state index is 13.2. The fraction of sp³-hybridized carbons (Fsp3) is 0.571. The summed E-state index contributed by atoms with van der Waals surface area (Å²) in [7, 11) is -0.995. The lowest BCUT2D eigenvalue weighted by atomic mass is 10.0. The Bertz CT molecular complexity index is 950. The molecular formula is C21H32N4O7S. The molecular weight excluding hydrogens is 452 g/mol. The van der Waals surface area contributed by atoms with E-state index in [0.29, 0.717) is 5.75 Å². The summed E-state index contributed by atoms with van der Waals surface area (Å²) in [5, 5.41) is 5.35. The Morgan fingerprint density at radius 3 is 2.24 bits per heavy atom. The normalized spacial score (nSPS) is 17.9. The molecule has 2 N–H and O–H groups in total. The highest BCUT2D eigenvalue weighted by molar-refractivity contribution is 7.88. The van der Waals surface area contributed by atoms with E-state index in [2.05, 4.69) is 10.6 Å². The van der Waals surface area contributed by atoms with Crippen LogP contribution in [0.4, 0.5) is 4.79 Å². The fourth-order valence-electron chi connectivity index (χ4n) is 3.50. The van der Waals surface area contributed by atoms with Gasteiger partial charge in [-0.25, -0.2) is 18.0 Å². The molecule has 33 heavy (non-hydrogen) atoms. The Morgan fingerprint density at radius 2 is 1.73 bits per heavy atom. The van der Waals surface area contributed by atoms with Crippen LogP contribution in [-0.2, 0) is 30.8 Å². The number of hydrogen-bond donors (Lipinski definition) is 2. The molecule has 0 spiro atoms. The SMILES string of the molecule is COC(=O)[C@H](Cc1ccc(OC)cc1)NC(=O)[C@@H]1CN(C(=O)NC(C)C)CCN1S(C)(=O)=O. The van der Waals surface area contributed by atoms with Crippen molar-refractivity contribution in [3.05, 3.63) is 29.8 Å². The molecule has 0 aliphatic carbocycles. The van der Waals surface area contributed by atoms with Gasteiger partial charge in [-0.05, 0) is 31.5 Å². The quantitative estimate of drug-likeness (QED) is 0.495. The maximum Gasteiger partial charge on any atom is 0.328 e. The van der Waals surface area contributed by atoms with Crippen molar-refractivity contribution in [3.8, 4) is 5.75 Å². The first kappa shape index (κ1) is 26.4. The lowest BCUT2D eigenvalue weighted by molar-refractivity contribution is -0.145. The van der Waals surface area contributed by atoms with E-state index in [1.165, 1.54) is 19.1 Å². The lowest BCUT2D eigenvalue weighted by Crippen LogP contribution is -2.64. The number of sulfonamides is 1. The van der Waals surface area contributed by atoms with Crippen LogP contribution < -0.4 is 15.4 Å². The Morgan fingerprint density at radius 1 is 1.09 bits per heavy atom. The molecule has 12 heteroatoms. The summed E-state index contributed by atoms with van der Waals surface area (Å²) in [6.45, 7) is 3.56. The van der Waals surface area contributed by atoms with Gasteiger partial charge in [-0.15, -0.1) is 0 Å². The summed E-state index contributed by atoms with van der Waals surface area (Å²) in [5.74, 6) is -0.718. The number of esters is 1. The molecule has 0 unspecified atom stereocenters. The zero-order chi connectivity index (χ0) is 24.8. The number of methoxy groups -OCH3 is 2. The first-order chi connectivity index (χ1) is 15.5. The fourth-order valence-corrected chi connectivity index (χ4v) is 4.54. The van der Waals surface area contributed by atoms with Gasteiger partial charge in [0.05, 0.1) is 20.5 Å². The third-order valence-corrected chi connectivity index (χ3v) is 6.45. The van der Waals surface area contributed by atoms with Gasteiger partial charge in [0.25, 0.3) is 0 Å². The van der Waals surface area contributed by atoms with Gasteiger partial charge in [-0.3, -0.25) is 4.79 Å². The molecule has 0 saturated carbocycles. The molecule has 0 radical (unpaired) electrons. The average Bonchev–Trinajstić information content (AvgIpc) is 2.77. The summed E-state index contributed by atoms with van der Waals surface area (Å²) < 4.78 is 35.6. The topological polar surface area (TPSA) is 134 Å². The molecule has 0 aromatic heterocycles. The van der Waals surface area contributed by atoms with Crippen molar-refractivity contribution in [1.29, 1.82) is 0 Å². The van der Waals surface area contributed by atoms with E-state index in [1.807, 2.05) is 0 Å². The van der Waals surface area contributed by atoms with E-state index < -0.39 is 40.0 Å². The van der Waals surface area contributed by atoms with Gasteiger partial charge in [-0.1, -0.05) is 12.1 Å². The molecule has 3 amide bonds. The van der Waals surface area contributed by atoms with Crippen molar-refractivity contribution in [2.24, 2.45) is 0 Å². The van der Waals surface area contributed by atoms with Crippen LogP contribution >= 0.6 is 0 Å². The zero-order valence-corrected chi connectivity index (χ0v) is 20.3. The van der Waals surface area contributed by atoms with E-state index in [0.717, 1.165) is 16.1 Å². The predicted octanol–water partition coefficient (Wildman–Crippen LogP) is -0.0407. The highest BCUT2D eigenvalue weighted by atomic mass is 32.2. The van der Waals surface area contributed by atoms with E-state index in [4.69, 9.17) is 9.47 Å². The van der Waals surface area contributed by atoms with Gasteiger partial charge in [-0.2, -0.15) is 4.31 Å². The number of nitrogens with one attached hydrogen (secondary N) is 2. The van der Waals surface area contributed by atoms with Crippen LogP contribution in [0.5, 0.6) is 5.75 Å². The van der Waals surface area contributed by atoms with E-state index >= 15 is 0 Å². The molecule has 1 aliphatic heterocycles. The molecule has 1 fully saturated rings. The van der Waals surface area contributed by atoms with Crippen molar-refractivity contribution < 1.29 is 32.3 Å². The number of piperazine rings is 1. The number of hydrogen-bond acceptors (Lipinski definition) is 7. The summed E-state index contributed by atoms with van der Waals surface area (Å²) in [6.07, 6.45) is 1.14. The third kappa shape index (κ3) is 7.32. The number of rotatable bonds is 8. The molecule has 11 nitrogen and oxygen atoms in total. The number of amides is 3. The van der Waals surface area contributed by atoms with Crippen LogP contribution in [0.15, 0.2) is 24.3 Å². The largest absolute Gasteiger partial charge is 0.497 e. The van der Waals surface area contributed by atoms with Crippen LogP contribution in [0.3, 0.4) is 0 Å². The second kappa shape index (κ2) is 11.3. The lowest BCUT2D eigenvalue weighted by Gasteiger charge is -2.39. The zero-order valence-electron chi connectivity index (χ0n) is 19.5. The Kier molecular flexibility index (Phi) is 9.06. The van der Waals surface area contributed by atoms with Crippen LogP contribution in [0.2, 0.25) is 0 Å². The standard InChI is InChI=1S/C21H32N4O7S/c1-14(2)22-21(28)24-10-11-25(33(5,29)30)18(13-24)19(26)23-17(20(27)32-4)12-15-6-8-16(31-3)9-7-15/h6-9,14,17-18H,10-13H2,1-5H3,(H,22,28)(H,23,26)/t17-,18-/m0/s1. The van der Waals surface area contributed by atoms with Crippen LogP contribution in [0, 0.1) is 0 Å². The molecule has 1 saturated heterocycles. The Labute approximate surface area is 194 Å². The number of carbonyl (C=O) groups is 3. The Hall–Kier alpha value is -2.86. The van der Waals surface area contributed by atoms with Crippen LogP contribution in [0.1, 0.15) is 19.4 Å². The third-order valence-electron chi connectivity index (χ3n) is 5.16. The van der Waals surface area contributed by atoms with Crippen molar-refractivity contribution in [2.75, 3.05) is 40.1 Å². The molecule has 0 bridgehead atoms. The minimum atomic E-state index is -3.74. The summed E-state index contributed by atoms with van der Waals surface area (Å²) in [4.78, 5) is 39.4. The van der Waals surface area contributed by atoms with Gasteiger partial charge in [0.1, 0.15) is 17.8 Å². The van der Waals surface area contributed by atoms with Crippen molar-refractivity contribution in [1.82, 2.24) is 19.8 Å². The van der Waals surface area contributed by atoms with Crippen molar-refractivity contribution >= 4 is 27.9 Å². The van der Waals surface area contributed by atoms with E-state index in [-0.39, 0.29) is 32.1 Å². The van der Waals surface area contributed by atoms with Gasteiger partial charge in [0, 0.05) is 32.1 Å². The molecule has 1 aromatic rings. The maximum atomic E-state index is 13.2. The number of nitrogens with zero attached hydrogens (tertiary/aromatic N) is 2. The van der Waals surface area contributed by atoms with Gasteiger partial charge in [0.2, 0.25) is 15.9 Å². The van der Waals surface area contributed by atoms with Crippen LogP contribution in [0.25, 0.3) is 0 Å². The second-order valence-electron chi connectivity index (χ2n) is 8.08. The molecule has 2 atom stereocenters. The molecule has 1 aromatic carbocycles. The highest BCUT2D eigenvalue weighted by Crippen LogP contribution is 2.16. The van der Waals surface area contributed by atoms with E-state index in [1.54, 1.807) is 38.1 Å². The first-order valence-corrected chi connectivity index (χ1v) is 12.3. The monoisotopic (exact) mass is 484 g/mol. The number of carbonyl (C=O) groups excluding carboxylic acids is 3. The van der Waals surface area contributed by atoms with Crippen molar-refractivity contribution in [2.45, 2.75) is 38.4 Å². The first-order valence-electron chi connectivity index (χ1n) is 10.5. The summed E-state index contributed by atoms with van der Waals surface area (Å²) in [6, 6.07) is 4.22. The summed E-state index contributed by atoms with van der Waals surface area (Å²) >= 11 is 0. The highest BCUT2D eigenvalue weighted by Gasteiger charge is 2.40. The van der Waals surface area contributed by atoms with Gasteiger partial charge < -0.3 is 25.0 Å². The van der Waals surface area contributed by atoms with Crippen molar-refractivity contribution in [3.63, 3.8) is 0 Å². The number of benzene rings is 1. The molecule has 1 aliphatic rings. The smallest absolute Gasteiger partial charge is 0.328 e. The second-order valence-corrected chi connectivity index (χ2v) is 10.0. The minimum absolute atomic E-state index is 0.0379. The number of urea groups is 1. The molecule has 2 rings (SSSR count). The predicted molar refractivity (Wildman–Crippen MR) is 121 cm³/mol. The average molecular weight is 485 g/mol. The molecule has 1 heterocycles. The summed E-state index contributed by atoms with van der Waals surface area (Å²) in [5.41, 5.74) is 0.744. The minimum Gasteiger partial charge on any atom is -0.497 e.